The zero-order valence-electron chi connectivity index (χ0n) is 14.7. The Bertz CT molecular complexity index is 656. The summed E-state index contributed by atoms with van der Waals surface area (Å²) in [5.74, 6) is -3.47. The molecule has 0 aromatic heterocycles. The molecule has 4 nitrogen and oxygen atoms in total. The second-order valence-corrected chi connectivity index (χ2v) is 8.11. The molecule has 2 N–H and O–H groups in total. The van der Waals surface area contributed by atoms with Crippen LogP contribution in [0.15, 0.2) is 30.3 Å². The van der Waals surface area contributed by atoms with Gasteiger partial charge in [-0.05, 0) is 49.8 Å². The molecule has 4 rings (SSSR count). The van der Waals surface area contributed by atoms with Gasteiger partial charge < -0.3 is 15.2 Å². The molecule has 0 bridgehead atoms. The number of esters is 1. The van der Waals surface area contributed by atoms with E-state index in [0.29, 0.717) is 17.4 Å². The van der Waals surface area contributed by atoms with Crippen LogP contribution in [0.2, 0.25) is 0 Å². The fourth-order valence-corrected chi connectivity index (χ4v) is 4.97. The lowest BCUT2D eigenvalue weighted by molar-refractivity contribution is -0.180. The lowest BCUT2D eigenvalue weighted by Crippen LogP contribution is -2.45. The van der Waals surface area contributed by atoms with E-state index in [0.717, 1.165) is 25.9 Å². The van der Waals surface area contributed by atoms with Crippen LogP contribution >= 0.6 is 0 Å². The van der Waals surface area contributed by atoms with E-state index in [-0.39, 0.29) is 18.9 Å². The maximum atomic E-state index is 13.8. The molecule has 1 aromatic carbocycles. The number of ether oxygens (including phenoxy) is 1. The van der Waals surface area contributed by atoms with Gasteiger partial charge in [-0.15, -0.1) is 0 Å². The molecule has 142 valence electrons. The van der Waals surface area contributed by atoms with Crippen LogP contribution in [0, 0.1) is 17.8 Å². The Balaban J connectivity index is 1.56. The van der Waals surface area contributed by atoms with Crippen molar-refractivity contribution in [2.45, 2.75) is 49.7 Å². The van der Waals surface area contributed by atoms with Gasteiger partial charge in [0.25, 0.3) is 0 Å². The van der Waals surface area contributed by atoms with Crippen molar-refractivity contribution in [3.8, 4) is 0 Å². The molecule has 26 heavy (non-hydrogen) atoms. The number of alkyl halides is 2. The number of aliphatic hydroxyl groups is 1. The minimum atomic E-state index is -2.84. The van der Waals surface area contributed by atoms with Crippen LogP contribution in [-0.2, 0) is 15.1 Å². The van der Waals surface area contributed by atoms with Crippen LogP contribution in [0.25, 0.3) is 0 Å². The molecule has 1 aromatic rings. The summed E-state index contributed by atoms with van der Waals surface area (Å²) in [6.07, 6.45) is 0.612. The molecule has 0 radical (unpaired) electrons. The van der Waals surface area contributed by atoms with Gasteiger partial charge in [0.15, 0.2) is 5.60 Å². The maximum Gasteiger partial charge on any atom is 0.343 e. The van der Waals surface area contributed by atoms with Gasteiger partial charge in [0, 0.05) is 18.8 Å². The first-order chi connectivity index (χ1) is 12.4. The molecule has 2 aliphatic carbocycles. The van der Waals surface area contributed by atoms with Gasteiger partial charge in [0.2, 0.25) is 5.92 Å². The summed E-state index contributed by atoms with van der Waals surface area (Å²) in [4.78, 5) is 13.0. The Hall–Kier alpha value is -1.53. The summed E-state index contributed by atoms with van der Waals surface area (Å²) < 4.78 is 33.3. The monoisotopic (exact) mass is 365 g/mol. The van der Waals surface area contributed by atoms with E-state index in [4.69, 9.17) is 4.74 Å². The topological polar surface area (TPSA) is 58.6 Å². The summed E-state index contributed by atoms with van der Waals surface area (Å²) >= 11 is 0. The van der Waals surface area contributed by atoms with Crippen molar-refractivity contribution < 1.29 is 23.4 Å². The molecule has 1 saturated heterocycles. The minimum Gasteiger partial charge on any atom is -0.460 e. The number of carbonyl (C=O) groups excluding carboxylic acids is 1. The number of fused-ring (bicyclic) bond motifs is 1. The van der Waals surface area contributed by atoms with Crippen LogP contribution in [0.3, 0.4) is 0 Å². The maximum absolute atomic E-state index is 13.8. The van der Waals surface area contributed by atoms with Crippen LogP contribution in [-0.4, -0.2) is 36.2 Å². The fourth-order valence-electron chi connectivity index (χ4n) is 4.97. The molecule has 3 aliphatic rings. The third kappa shape index (κ3) is 3.14. The first kappa shape index (κ1) is 17.9. The van der Waals surface area contributed by atoms with E-state index in [1.165, 1.54) is 0 Å². The quantitative estimate of drug-likeness (QED) is 0.806. The highest BCUT2D eigenvalue weighted by molar-refractivity contribution is 5.82. The van der Waals surface area contributed by atoms with Gasteiger partial charge in [0.1, 0.15) is 6.10 Å². The molecule has 1 aliphatic heterocycles. The van der Waals surface area contributed by atoms with E-state index in [1.54, 1.807) is 30.3 Å². The highest BCUT2D eigenvalue weighted by Crippen LogP contribution is 2.48. The summed E-state index contributed by atoms with van der Waals surface area (Å²) in [6, 6.07) is 8.40. The zero-order valence-corrected chi connectivity index (χ0v) is 14.7. The molecular weight excluding hydrogens is 340 g/mol. The van der Waals surface area contributed by atoms with E-state index in [1.807, 2.05) is 0 Å². The number of benzene rings is 1. The van der Waals surface area contributed by atoms with E-state index in [9.17, 15) is 18.7 Å². The molecule has 0 spiro atoms. The molecule has 4 atom stereocenters. The van der Waals surface area contributed by atoms with Gasteiger partial charge in [-0.1, -0.05) is 30.3 Å². The third-order valence-electron chi connectivity index (χ3n) is 6.40. The summed E-state index contributed by atoms with van der Waals surface area (Å²) in [7, 11) is 0. The number of hydrogen-bond donors (Lipinski definition) is 2. The van der Waals surface area contributed by atoms with Crippen molar-refractivity contribution in [3.05, 3.63) is 35.9 Å². The van der Waals surface area contributed by atoms with Crippen LogP contribution in [0.1, 0.15) is 37.7 Å². The third-order valence-corrected chi connectivity index (χ3v) is 6.40. The van der Waals surface area contributed by atoms with E-state index >= 15 is 0 Å². The standard InChI is InChI=1S/C20H25F2NO3/c21-19(22)7-6-16(10-19)20(25,15-4-2-1-3-5-15)18(24)26-17-8-13-11-23-12-14(13)9-17/h1-5,13-14,16-17,23,25H,6-12H2/t13?,14?,16-,17?,20+/m1/s1. The Morgan fingerprint density at radius 2 is 1.85 bits per heavy atom. The van der Waals surface area contributed by atoms with Crippen molar-refractivity contribution in [3.63, 3.8) is 0 Å². The van der Waals surface area contributed by atoms with Gasteiger partial charge >= 0.3 is 5.97 Å². The summed E-state index contributed by atoms with van der Waals surface area (Å²) in [5, 5.41) is 14.7. The normalized spacial score (nSPS) is 35.0. The van der Waals surface area contributed by atoms with Crippen LogP contribution in [0.4, 0.5) is 8.78 Å². The number of nitrogens with one attached hydrogen (secondary N) is 1. The average molecular weight is 365 g/mol. The van der Waals surface area contributed by atoms with Crippen molar-refractivity contribution in [1.82, 2.24) is 5.32 Å². The van der Waals surface area contributed by atoms with E-state index < -0.39 is 29.8 Å². The summed E-state index contributed by atoms with van der Waals surface area (Å²) in [6.45, 7) is 1.85. The number of rotatable bonds is 4. The molecule has 1 heterocycles. The zero-order chi connectivity index (χ0) is 18.4. The van der Waals surface area contributed by atoms with E-state index in [2.05, 4.69) is 5.32 Å². The second-order valence-electron chi connectivity index (χ2n) is 8.11. The second kappa shape index (κ2) is 6.57. The lowest BCUT2D eigenvalue weighted by Gasteiger charge is -2.33. The molecule has 6 heteroatoms. The molecule has 2 unspecified atom stereocenters. The summed E-state index contributed by atoms with van der Waals surface area (Å²) in [5.41, 5.74) is -1.68. The lowest BCUT2D eigenvalue weighted by atomic mass is 9.80. The van der Waals surface area contributed by atoms with Crippen LogP contribution < -0.4 is 5.32 Å². The Kier molecular flexibility index (Phi) is 4.51. The smallest absolute Gasteiger partial charge is 0.343 e. The number of hydrogen-bond acceptors (Lipinski definition) is 4. The Morgan fingerprint density at radius 1 is 1.19 bits per heavy atom. The molecule has 3 fully saturated rings. The van der Waals surface area contributed by atoms with Crippen molar-refractivity contribution >= 4 is 5.97 Å². The fraction of sp³-hybridized carbons (Fsp3) is 0.650. The minimum absolute atomic E-state index is 0.104. The number of halogens is 2. The average Bonchev–Trinajstić information content (AvgIpc) is 3.29. The van der Waals surface area contributed by atoms with Gasteiger partial charge in [-0.2, -0.15) is 0 Å². The predicted octanol–water partition coefficient (Wildman–Crippen LogP) is 2.85. The predicted molar refractivity (Wildman–Crippen MR) is 91.6 cm³/mol. The highest BCUT2D eigenvalue weighted by atomic mass is 19.3. The van der Waals surface area contributed by atoms with Gasteiger partial charge in [-0.25, -0.2) is 13.6 Å². The van der Waals surface area contributed by atoms with Gasteiger partial charge in [0.05, 0.1) is 0 Å². The largest absolute Gasteiger partial charge is 0.460 e. The first-order valence-corrected chi connectivity index (χ1v) is 9.46. The van der Waals surface area contributed by atoms with Crippen molar-refractivity contribution in [2.24, 2.45) is 17.8 Å². The van der Waals surface area contributed by atoms with Crippen molar-refractivity contribution in [2.75, 3.05) is 13.1 Å². The van der Waals surface area contributed by atoms with Gasteiger partial charge in [-0.3, -0.25) is 0 Å². The first-order valence-electron chi connectivity index (χ1n) is 9.46. The Morgan fingerprint density at radius 3 is 2.42 bits per heavy atom. The molecule has 0 amide bonds. The van der Waals surface area contributed by atoms with Crippen LogP contribution in [0.5, 0.6) is 0 Å². The van der Waals surface area contributed by atoms with Crippen molar-refractivity contribution in [1.29, 1.82) is 0 Å². The number of carbonyl (C=O) groups is 1. The highest BCUT2D eigenvalue weighted by Gasteiger charge is 2.55. The SMILES string of the molecule is O=C(OC1CC2CNCC2C1)[C@](O)(c1ccccc1)[C@@H]1CCC(F)(F)C1. The Labute approximate surface area is 151 Å². The molecular formula is C20H25F2NO3. The molecule has 2 saturated carbocycles.